The Hall–Kier alpha value is -4.33. The molecule has 0 fully saturated rings. The lowest BCUT2D eigenvalue weighted by Crippen LogP contribution is -2.11. The highest BCUT2D eigenvalue weighted by molar-refractivity contribution is 6.35. The van der Waals surface area contributed by atoms with Crippen LogP contribution in [0.15, 0.2) is 42.5 Å². The molecule has 2 aromatic carbocycles. The molecule has 1 amide bonds. The van der Waals surface area contributed by atoms with Crippen molar-refractivity contribution in [3.63, 3.8) is 0 Å². The molecule has 36 heavy (non-hydrogen) atoms. The van der Waals surface area contributed by atoms with Crippen LogP contribution in [0.25, 0.3) is 11.6 Å². The van der Waals surface area contributed by atoms with Crippen LogP contribution in [0.5, 0.6) is 5.75 Å². The summed E-state index contributed by atoms with van der Waals surface area (Å²) in [5.74, 6) is -0.339. The fourth-order valence-electron chi connectivity index (χ4n) is 4.84. The van der Waals surface area contributed by atoms with Crippen LogP contribution in [0.4, 0.5) is 11.4 Å². The molecule has 3 aromatic rings. The van der Waals surface area contributed by atoms with Gasteiger partial charge < -0.3 is 25.5 Å². The third kappa shape index (κ3) is 4.62. The number of ether oxygens (including phenoxy) is 1. The largest absolute Gasteiger partial charge is 0.497 e. The summed E-state index contributed by atoms with van der Waals surface area (Å²) in [5.41, 5.74) is 6.62. The fraction of sp³-hybridized carbons (Fsp3) is 0.250. The summed E-state index contributed by atoms with van der Waals surface area (Å²) in [6.45, 7) is 0.605. The van der Waals surface area contributed by atoms with Crippen molar-refractivity contribution in [2.45, 2.75) is 38.6 Å². The molecule has 184 valence electrons. The molecule has 0 radical (unpaired) electrons. The number of rotatable bonds is 8. The summed E-state index contributed by atoms with van der Waals surface area (Å²) < 4.78 is 5.20. The summed E-state index contributed by atoms with van der Waals surface area (Å²) in [5, 5.41) is 15.5. The molecule has 8 nitrogen and oxygen atoms in total. The van der Waals surface area contributed by atoms with Crippen molar-refractivity contribution in [1.29, 1.82) is 0 Å². The summed E-state index contributed by atoms with van der Waals surface area (Å²) in [6, 6.07) is 13.5. The average molecular weight is 486 g/mol. The SMILES string of the molecule is COc1ccc(CNc2ccc3c(c2)C(=Cc2[nH]c4c(c2CCC(=O)O)C(=O)CCC4)C(=O)N3)cc1. The standard InChI is InChI=1S/C28H27N3O5/c1-36-18-8-5-16(6-9-18)15-29-17-7-11-22-20(13-17)21(28(35)31-22)14-24-19(10-12-26(33)34)27-23(30-24)3-2-4-25(27)32/h5-9,11,13-14,29-30H,2-4,10,12,15H2,1H3,(H,31,35)(H,33,34). The van der Waals surface area contributed by atoms with Gasteiger partial charge in [0.1, 0.15) is 5.75 Å². The number of carboxylic acids is 1. The number of H-pyrrole nitrogens is 1. The zero-order valence-electron chi connectivity index (χ0n) is 19.9. The van der Waals surface area contributed by atoms with Gasteiger partial charge in [-0.3, -0.25) is 14.4 Å². The molecule has 0 atom stereocenters. The van der Waals surface area contributed by atoms with Crippen LogP contribution >= 0.6 is 0 Å². The first kappa shape index (κ1) is 23.4. The molecular weight excluding hydrogens is 458 g/mol. The normalized spacial score (nSPS) is 15.4. The molecule has 2 aliphatic rings. The van der Waals surface area contributed by atoms with Crippen LogP contribution in [-0.4, -0.2) is 34.9 Å². The number of amides is 1. The minimum Gasteiger partial charge on any atom is -0.497 e. The second-order valence-electron chi connectivity index (χ2n) is 9.02. The van der Waals surface area contributed by atoms with E-state index in [0.717, 1.165) is 41.1 Å². The number of fused-ring (bicyclic) bond motifs is 2. The molecule has 0 unspecified atom stereocenters. The second-order valence-corrected chi connectivity index (χ2v) is 9.02. The van der Waals surface area contributed by atoms with Crippen LogP contribution in [0, 0.1) is 0 Å². The number of hydrogen-bond donors (Lipinski definition) is 4. The molecule has 1 aromatic heterocycles. The number of aryl methyl sites for hydroxylation is 1. The zero-order chi connectivity index (χ0) is 25.2. The molecule has 2 heterocycles. The van der Waals surface area contributed by atoms with E-state index in [0.29, 0.717) is 41.0 Å². The van der Waals surface area contributed by atoms with Crippen LogP contribution in [0.2, 0.25) is 0 Å². The minimum atomic E-state index is -0.927. The molecule has 1 aliphatic heterocycles. The lowest BCUT2D eigenvalue weighted by atomic mass is 9.91. The Morgan fingerprint density at radius 1 is 1.14 bits per heavy atom. The summed E-state index contributed by atoms with van der Waals surface area (Å²) in [4.78, 5) is 40.1. The number of nitrogens with one attached hydrogen (secondary N) is 3. The minimum absolute atomic E-state index is 0.0267. The number of benzene rings is 2. The Labute approximate surface area is 208 Å². The Morgan fingerprint density at radius 2 is 1.94 bits per heavy atom. The van der Waals surface area contributed by atoms with E-state index in [9.17, 15) is 19.5 Å². The van der Waals surface area contributed by atoms with Gasteiger partial charge in [-0.2, -0.15) is 0 Å². The maximum atomic E-state index is 12.9. The number of carboxylic acid groups (broad SMARTS) is 1. The van der Waals surface area contributed by atoms with Gasteiger partial charge in [-0.05, 0) is 66.8 Å². The number of aliphatic carboxylic acids is 1. The topological polar surface area (TPSA) is 121 Å². The number of aromatic nitrogens is 1. The molecule has 1 aliphatic carbocycles. The number of carbonyl (C=O) groups excluding carboxylic acids is 2. The van der Waals surface area contributed by atoms with Crippen molar-refractivity contribution >= 4 is 40.7 Å². The molecule has 0 saturated carbocycles. The summed E-state index contributed by atoms with van der Waals surface area (Å²) in [6.07, 6.45) is 3.82. The van der Waals surface area contributed by atoms with E-state index in [1.165, 1.54) is 0 Å². The van der Waals surface area contributed by atoms with Crippen molar-refractivity contribution in [2.75, 3.05) is 17.7 Å². The van der Waals surface area contributed by atoms with Gasteiger partial charge in [0, 0.05) is 53.3 Å². The molecule has 0 spiro atoms. The second kappa shape index (κ2) is 9.73. The molecule has 8 heteroatoms. The number of ketones is 1. The number of carbonyl (C=O) groups is 3. The van der Waals surface area contributed by atoms with Crippen LogP contribution in [0.3, 0.4) is 0 Å². The van der Waals surface area contributed by atoms with E-state index in [1.807, 2.05) is 42.5 Å². The molecule has 0 bridgehead atoms. The number of methoxy groups -OCH3 is 1. The van der Waals surface area contributed by atoms with Gasteiger partial charge >= 0.3 is 5.97 Å². The summed E-state index contributed by atoms with van der Waals surface area (Å²) in [7, 11) is 1.63. The van der Waals surface area contributed by atoms with Gasteiger partial charge in [0.05, 0.1) is 12.7 Å². The van der Waals surface area contributed by atoms with E-state index < -0.39 is 5.97 Å². The average Bonchev–Trinajstić information content (AvgIpc) is 3.39. The highest BCUT2D eigenvalue weighted by Crippen LogP contribution is 2.37. The fourth-order valence-corrected chi connectivity index (χ4v) is 4.84. The van der Waals surface area contributed by atoms with Gasteiger partial charge in [-0.1, -0.05) is 12.1 Å². The van der Waals surface area contributed by atoms with Crippen molar-refractivity contribution in [3.05, 3.63) is 76.1 Å². The number of anilines is 2. The molecule has 4 N–H and O–H groups in total. The monoisotopic (exact) mass is 485 g/mol. The molecule has 0 saturated heterocycles. The lowest BCUT2D eigenvalue weighted by molar-refractivity contribution is -0.137. The van der Waals surface area contributed by atoms with E-state index in [4.69, 9.17) is 4.74 Å². The Bertz CT molecular complexity index is 1380. The third-order valence-corrected chi connectivity index (χ3v) is 6.66. The first-order valence-corrected chi connectivity index (χ1v) is 12.0. The Morgan fingerprint density at radius 3 is 2.69 bits per heavy atom. The van der Waals surface area contributed by atoms with Crippen LogP contribution in [-0.2, 0) is 29.0 Å². The number of Topliss-reactive ketones (excluding diaryl/α,β-unsaturated/α-hetero) is 1. The Kier molecular flexibility index (Phi) is 6.33. The highest BCUT2D eigenvalue weighted by atomic mass is 16.5. The van der Waals surface area contributed by atoms with Gasteiger partial charge in [0.25, 0.3) is 5.91 Å². The highest BCUT2D eigenvalue weighted by Gasteiger charge is 2.29. The molecule has 5 rings (SSSR count). The maximum Gasteiger partial charge on any atom is 0.303 e. The number of hydrogen-bond acceptors (Lipinski definition) is 5. The van der Waals surface area contributed by atoms with E-state index >= 15 is 0 Å². The lowest BCUT2D eigenvalue weighted by Gasteiger charge is -2.11. The van der Waals surface area contributed by atoms with Gasteiger partial charge in [-0.15, -0.1) is 0 Å². The smallest absolute Gasteiger partial charge is 0.303 e. The van der Waals surface area contributed by atoms with Crippen molar-refractivity contribution < 1.29 is 24.2 Å². The van der Waals surface area contributed by atoms with Crippen LogP contribution < -0.4 is 15.4 Å². The Balaban J connectivity index is 1.45. The van der Waals surface area contributed by atoms with E-state index in [2.05, 4.69) is 15.6 Å². The van der Waals surface area contributed by atoms with E-state index in [1.54, 1.807) is 13.2 Å². The van der Waals surface area contributed by atoms with E-state index in [-0.39, 0.29) is 24.5 Å². The first-order chi connectivity index (χ1) is 17.4. The quantitative estimate of drug-likeness (QED) is 0.344. The summed E-state index contributed by atoms with van der Waals surface area (Å²) >= 11 is 0. The molecular formula is C28H27N3O5. The van der Waals surface area contributed by atoms with Gasteiger partial charge in [0.2, 0.25) is 0 Å². The van der Waals surface area contributed by atoms with Crippen molar-refractivity contribution in [2.24, 2.45) is 0 Å². The number of aromatic amines is 1. The predicted molar refractivity (Wildman–Crippen MR) is 137 cm³/mol. The first-order valence-electron chi connectivity index (χ1n) is 12.0. The van der Waals surface area contributed by atoms with Crippen molar-refractivity contribution in [1.82, 2.24) is 4.98 Å². The maximum absolute atomic E-state index is 12.9. The van der Waals surface area contributed by atoms with Crippen molar-refractivity contribution in [3.8, 4) is 5.75 Å². The predicted octanol–water partition coefficient (Wildman–Crippen LogP) is 4.66. The zero-order valence-corrected chi connectivity index (χ0v) is 19.9. The third-order valence-electron chi connectivity index (χ3n) is 6.66. The van der Waals surface area contributed by atoms with Gasteiger partial charge in [0.15, 0.2) is 5.78 Å². The van der Waals surface area contributed by atoms with Gasteiger partial charge in [-0.25, -0.2) is 0 Å². The van der Waals surface area contributed by atoms with Crippen LogP contribution in [0.1, 0.15) is 57.7 Å².